The molecule has 5 nitrogen and oxygen atoms in total. The Bertz CT molecular complexity index is 248. The van der Waals surface area contributed by atoms with Crippen LogP contribution in [0.15, 0.2) is 0 Å². The molecule has 0 aliphatic carbocycles. The predicted molar refractivity (Wildman–Crippen MR) is 55.8 cm³/mol. The molecule has 0 spiro atoms. The third-order valence-corrected chi connectivity index (χ3v) is 2.59. The van der Waals surface area contributed by atoms with Gasteiger partial charge in [-0.2, -0.15) is 0 Å². The number of likely N-dealkylation sites (tertiary alicyclic amines) is 1. The van der Waals surface area contributed by atoms with E-state index in [1.165, 1.54) is 0 Å². The molecule has 86 valence electrons. The molecule has 1 saturated heterocycles. The number of nitrogens with zero attached hydrogens (tertiary/aromatic N) is 1. The molecular formula is C9H15ClN2O3. The first kappa shape index (κ1) is 12.3. The highest BCUT2D eigenvalue weighted by molar-refractivity contribution is 6.28. The van der Waals surface area contributed by atoms with Crippen LogP contribution in [0.25, 0.3) is 0 Å². The molecule has 0 aromatic rings. The van der Waals surface area contributed by atoms with Crippen molar-refractivity contribution < 1.29 is 14.3 Å². The Hall–Kier alpha value is -0.810. The van der Waals surface area contributed by atoms with Crippen molar-refractivity contribution in [1.29, 1.82) is 0 Å². The molecule has 6 heteroatoms. The smallest absolute Gasteiger partial charge is 0.324 e. The van der Waals surface area contributed by atoms with Crippen LogP contribution >= 0.6 is 11.6 Å². The number of carbonyl (C=O) groups is 2. The van der Waals surface area contributed by atoms with Gasteiger partial charge in [0.05, 0.1) is 6.61 Å². The molecule has 3 amide bonds. The summed E-state index contributed by atoms with van der Waals surface area (Å²) in [7, 11) is 1.64. The monoisotopic (exact) mass is 234 g/mol. The van der Waals surface area contributed by atoms with Crippen LogP contribution in [0.3, 0.4) is 0 Å². The Labute approximate surface area is 93.7 Å². The van der Waals surface area contributed by atoms with Crippen molar-refractivity contribution in [2.24, 2.45) is 5.92 Å². The van der Waals surface area contributed by atoms with Gasteiger partial charge in [0, 0.05) is 26.1 Å². The third kappa shape index (κ3) is 3.68. The fourth-order valence-electron chi connectivity index (χ4n) is 1.62. The zero-order chi connectivity index (χ0) is 11.3. The van der Waals surface area contributed by atoms with Crippen LogP contribution in [0.4, 0.5) is 4.79 Å². The average Bonchev–Trinajstić information content (AvgIpc) is 2.67. The summed E-state index contributed by atoms with van der Waals surface area (Å²) in [6.07, 6.45) is 0.913. The van der Waals surface area contributed by atoms with Gasteiger partial charge >= 0.3 is 6.03 Å². The number of hydrogen-bond donors (Lipinski definition) is 1. The highest BCUT2D eigenvalue weighted by atomic mass is 35.5. The van der Waals surface area contributed by atoms with E-state index in [0.29, 0.717) is 25.6 Å². The molecule has 0 bridgehead atoms. The minimum Gasteiger partial charge on any atom is -0.384 e. The molecule has 15 heavy (non-hydrogen) atoms. The average molecular weight is 235 g/mol. The van der Waals surface area contributed by atoms with Crippen LogP contribution in [-0.4, -0.2) is 49.5 Å². The molecule has 1 aliphatic rings. The van der Waals surface area contributed by atoms with Gasteiger partial charge in [-0.1, -0.05) is 0 Å². The molecule has 0 aromatic heterocycles. The summed E-state index contributed by atoms with van der Waals surface area (Å²) in [6, 6.07) is -0.362. The second kappa shape index (κ2) is 5.92. The lowest BCUT2D eigenvalue weighted by Crippen LogP contribution is -2.42. The summed E-state index contributed by atoms with van der Waals surface area (Å²) >= 11 is 5.28. The van der Waals surface area contributed by atoms with Gasteiger partial charge in [0.1, 0.15) is 5.88 Å². The van der Waals surface area contributed by atoms with E-state index in [1.54, 1.807) is 12.0 Å². The highest BCUT2D eigenvalue weighted by Crippen LogP contribution is 2.15. The first-order valence-electron chi connectivity index (χ1n) is 4.81. The number of carbonyl (C=O) groups excluding carboxylic acids is 2. The number of alkyl halides is 1. The molecular weight excluding hydrogens is 220 g/mol. The van der Waals surface area contributed by atoms with Crippen molar-refractivity contribution in [3.05, 3.63) is 0 Å². The van der Waals surface area contributed by atoms with Gasteiger partial charge < -0.3 is 9.64 Å². The topological polar surface area (TPSA) is 58.6 Å². The Morgan fingerprint density at radius 3 is 2.93 bits per heavy atom. The summed E-state index contributed by atoms with van der Waals surface area (Å²) in [4.78, 5) is 23.9. The SMILES string of the molecule is COCC1CCN(C(=O)NC(=O)CCl)C1. The van der Waals surface area contributed by atoms with Crippen LogP contribution in [0.2, 0.25) is 0 Å². The van der Waals surface area contributed by atoms with Crippen LogP contribution in [0.5, 0.6) is 0 Å². The van der Waals surface area contributed by atoms with Crippen molar-refractivity contribution in [3.63, 3.8) is 0 Å². The Morgan fingerprint density at radius 2 is 2.33 bits per heavy atom. The number of hydrogen-bond acceptors (Lipinski definition) is 3. The maximum absolute atomic E-state index is 11.5. The number of methoxy groups -OCH3 is 1. The summed E-state index contributed by atoms with van der Waals surface area (Å²) in [5.41, 5.74) is 0. The van der Waals surface area contributed by atoms with Crippen LogP contribution < -0.4 is 5.32 Å². The summed E-state index contributed by atoms with van der Waals surface area (Å²) < 4.78 is 5.01. The van der Waals surface area contributed by atoms with E-state index < -0.39 is 5.91 Å². The van der Waals surface area contributed by atoms with Gasteiger partial charge in [-0.15, -0.1) is 11.6 Å². The van der Waals surface area contributed by atoms with Crippen LogP contribution in [0, 0.1) is 5.92 Å². The van der Waals surface area contributed by atoms with Gasteiger partial charge in [-0.3, -0.25) is 10.1 Å². The number of urea groups is 1. The molecule has 0 radical (unpaired) electrons. The van der Waals surface area contributed by atoms with E-state index in [9.17, 15) is 9.59 Å². The van der Waals surface area contributed by atoms with Crippen molar-refractivity contribution in [2.75, 3.05) is 32.7 Å². The third-order valence-electron chi connectivity index (χ3n) is 2.34. The van der Waals surface area contributed by atoms with E-state index in [1.807, 2.05) is 0 Å². The van der Waals surface area contributed by atoms with Gasteiger partial charge in [0.25, 0.3) is 0 Å². The number of amides is 3. The van der Waals surface area contributed by atoms with E-state index in [2.05, 4.69) is 5.32 Å². The number of ether oxygens (including phenoxy) is 1. The second-order valence-electron chi connectivity index (χ2n) is 3.54. The van der Waals surface area contributed by atoms with Crippen molar-refractivity contribution >= 4 is 23.5 Å². The molecule has 1 fully saturated rings. The largest absolute Gasteiger partial charge is 0.384 e. The van der Waals surface area contributed by atoms with Crippen molar-refractivity contribution in [1.82, 2.24) is 10.2 Å². The molecule has 1 N–H and O–H groups in total. The van der Waals surface area contributed by atoms with E-state index in [4.69, 9.17) is 16.3 Å². The molecule has 0 aromatic carbocycles. The van der Waals surface area contributed by atoms with E-state index >= 15 is 0 Å². The zero-order valence-electron chi connectivity index (χ0n) is 8.66. The maximum Gasteiger partial charge on any atom is 0.324 e. The highest BCUT2D eigenvalue weighted by Gasteiger charge is 2.26. The van der Waals surface area contributed by atoms with Gasteiger partial charge in [0.2, 0.25) is 5.91 Å². The molecule has 1 unspecified atom stereocenters. The van der Waals surface area contributed by atoms with E-state index in [0.717, 1.165) is 6.42 Å². The summed E-state index contributed by atoms with van der Waals surface area (Å²) in [6.45, 7) is 1.94. The standard InChI is InChI=1S/C9H15ClN2O3/c1-15-6-7-2-3-12(5-7)9(14)11-8(13)4-10/h7H,2-6H2,1H3,(H,11,13,14). The predicted octanol–water partition coefficient (Wildman–Crippen LogP) is 0.430. The fraction of sp³-hybridized carbons (Fsp3) is 0.778. The Balaban J connectivity index is 2.33. The van der Waals surface area contributed by atoms with Gasteiger partial charge in [0.15, 0.2) is 0 Å². The Morgan fingerprint density at radius 1 is 1.60 bits per heavy atom. The van der Waals surface area contributed by atoms with Gasteiger partial charge in [-0.25, -0.2) is 4.79 Å². The number of rotatable bonds is 3. The number of nitrogens with one attached hydrogen (secondary N) is 1. The van der Waals surface area contributed by atoms with E-state index in [-0.39, 0.29) is 11.9 Å². The first-order valence-corrected chi connectivity index (χ1v) is 5.34. The molecule has 1 atom stereocenters. The number of imide groups is 1. The zero-order valence-corrected chi connectivity index (χ0v) is 9.42. The normalized spacial score (nSPS) is 20.4. The van der Waals surface area contributed by atoms with Crippen LogP contribution in [-0.2, 0) is 9.53 Å². The fourth-order valence-corrected chi connectivity index (χ4v) is 1.69. The lowest BCUT2D eigenvalue weighted by atomic mass is 10.1. The van der Waals surface area contributed by atoms with Crippen molar-refractivity contribution in [2.45, 2.75) is 6.42 Å². The molecule has 1 heterocycles. The molecule has 1 aliphatic heterocycles. The molecule has 0 saturated carbocycles. The second-order valence-corrected chi connectivity index (χ2v) is 3.81. The maximum atomic E-state index is 11.5. The minimum absolute atomic E-state index is 0.193. The first-order chi connectivity index (χ1) is 7.17. The van der Waals surface area contributed by atoms with Gasteiger partial charge in [-0.05, 0) is 6.42 Å². The number of halogens is 1. The summed E-state index contributed by atoms with van der Waals surface area (Å²) in [5.74, 6) is -0.287. The lowest BCUT2D eigenvalue weighted by molar-refractivity contribution is -0.117. The van der Waals surface area contributed by atoms with Crippen LogP contribution in [0.1, 0.15) is 6.42 Å². The summed E-state index contributed by atoms with van der Waals surface area (Å²) in [5, 5.41) is 2.21. The minimum atomic E-state index is -0.461. The van der Waals surface area contributed by atoms with Crippen molar-refractivity contribution in [3.8, 4) is 0 Å². The molecule has 1 rings (SSSR count). The Kier molecular flexibility index (Phi) is 4.84. The quantitative estimate of drug-likeness (QED) is 0.721. The lowest BCUT2D eigenvalue weighted by Gasteiger charge is -2.16.